The first-order valence-corrected chi connectivity index (χ1v) is 17.2. The van der Waals surface area contributed by atoms with Crippen molar-refractivity contribution in [3.05, 3.63) is 11.6 Å². The van der Waals surface area contributed by atoms with Crippen molar-refractivity contribution in [1.82, 2.24) is 5.32 Å². The summed E-state index contributed by atoms with van der Waals surface area (Å²) in [6, 6.07) is 0. The topological polar surface area (TPSA) is 21.3 Å². The molecule has 0 radical (unpaired) electrons. The van der Waals surface area contributed by atoms with E-state index >= 15 is 0 Å². The zero-order valence-corrected chi connectivity index (χ0v) is 26.5. The highest BCUT2D eigenvalue weighted by atomic mass is 16.5. The average Bonchev–Trinajstić information content (AvgIpc) is 3.25. The number of nitrogens with one attached hydrogen (secondary N) is 1. The SMILES string of the molecule is CNCCCCCCCCOC1CCC2(C)C(=CCC3C2CCC2(C)C(C(C)CCCC(C)C)CCC32)C1. The van der Waals surface area contributed by atoms with Crippen molar-refractivity contribution < 1.29 is 4.74 Å². The Hall–Kier alpha value is -0.340. The summed E-state index contributed by atoms with van der Waals surface area (Å²) in [6.07, 6.45) is 26.8. The molecular weight excluding hydrogens is 462 g/mol. The van der Waals surface area contributed by atoms with Crippen molar-refractivity contribution in [2.24, 2.45) is 46.3 Å². The maximum atomic E-state index is 6.48. The van der Waals surface area contributed by atoms with Gasteiger partial charge in [0.2, 0.25) is 0 Å². The van der Waals surface area contributed by atoms with Gasteiger partial charge in [0.15, 0.2) is 0 Å². The maximum Gasteiger partial charge on any atom is 0.0612 e. The first-order valence-electron chi connectivity index (χ1n) is 17.2. The molecule has 0 aliphatic heterocycles. The predicted molar refractivity (Wildman–Crippen MR) is 164 cm³/mol. The van der Waals surface area contributed by atoms with Gasteiger partial charge in [-0.3, -0.25) is 0 Å². The van der Waals surface area contributed by atoms with E-state index in [1.807, 2.05) is 0 Å². The Morgan fingerprint density at radius 3 is 2.39 bits per heavy atom. The molecule has 8 atom stereocenters. The van der Waals surface area contributed by atoms with E-state index in [1.54, 1.807) is 5.57 Å². The molecule has 4 rings (SSSR count). The van der Waals surface area contributed by atoms with Crippen LogP contribution in [-0.2, 0) is 4.74 Å². The van der Waals surface area contributed by atoms with Crippen LogP contribution in [0.5, 0.6) is 0 Å². The van der Waals surface area contributed by atoms with Gasteiger partial charge in [-0.05, 0) is 124 Å². The molecule has 8 unspecified atom stereocenters. The molecule has 4 aliphatic rings. The normalized spacial score (nSPS) is 37.4. The van der Waals surface area contributed by atoms with Gasteiger partial charge >= 0.3 is 0 Å². The fourth-order valence-corrected chi connectivity index (χ4v) is 10.2. The third-order valence-electron chi connectivity index (χ3n) is 12.4. The summed E-state index contributed by atoms with van der Waals surface area (Å²) in [5, 5.41) is 3.25. The van der Waals surface area contributed by atoms with Gasteiger partial charge in [-0.2, -0.15) is 0 Å². The fraction of sp³-hybridized carbons (Fsp3) is 0.944. The van der Waals surface area contributed by atoms with Crippen molar-refractivity contribution in [2.45, 2.75) is 150 Å². The van der Waals surface area contributed by atoms with Gasteiger partial charge in [0, 0.05) is 6.61 Å². The lowest BCUT2D eigenvalue weighted by molar-refractivity contribution is -0.0641. The van der Waals surface area contributed by atoms with Crippen LogP contribution in [0.15, 0.2) is 11.6 Å². The second kappa shape index (κ2) is 14.0. The van der Waals surface area contributed by atoms with E-state index in [4.69, 9.17) is 4.74 Å². The quantitative estimate of drug-likeness (QED) is 0.169. The predicted octanol–water partition coefficient (Wildman–Crippen LogP) is 9.97. The van der Waals surface area contributed by atoms with Gasteiger partial charge in [0.05, 0.1) is 6.10 Å². The van der Waals surface area contributed by atoms with Gasteiger partial charge in [0.1, 0.15) is 0 Å². The van der Waals surface area contributed by atoms with Gasteiger partial charge in [0.25, 0.3) is 0 Å². The monoisotopic (exact) mass is 528 g/mol. The Morgan fingerprint density at radius 1 is 0.868 bits per heavy atom. The number of unbranched alkanes of at least 4 members (excludes halogenated alkanes) is 5. The molecule has 1 N–H and O–H groups in total. The first-order chi connectivity index (χ1) is 18.3. The summed E-state index contributed by atoms with van der Waals surface area (Å²) in [6.45, 7) is 14.9. The van der Waals surface area contributed by atoms with Crippen LogP contribution < -0.4 is 5.32 Å². The summed E-state index contributed by atoms with van der Waals surface area (Å²) in [5.41, 5.74) is 2.85. The number of hydrogen-bond donors (Lipinski definition) is 1. The number of fused-ring (bicyclic) bond motifs is 5. The Morgan fingerprint density at radius 2 is 1.63 bits per heavy atom. The van der Waals surface area contributed by atoms with E-state index in [0.717, 1.165) is 42.1 Å². The molecule has 0 aromatic rings. The van der Waals surface area contributed by atoms with Crippen LogP contribution in [-0.4, -0.2) is 26.3 Å². The van der Waals surface area contributed by atoms with Crippen LogP contribution in [0.3, 0.4) is 0 Å². The second-order valence-electron chi connectivity index (χ2n) is 15.3. The molecular formula is C36H65NO. The van der Waals surface area contributed by atoms with Crippen molar-refractivity contribution in [1.29, 1.82) is 0 Å². The largest absolute Gasteiger partial charge is 0.378 e. The number of hydrogen-bond acceptors (Lipinski definition) is 2. The van der Waals surface area contributed by atoms with Crippen LogP contribution in [0.2, 0.25) is 0 Å². The van der Waals surface area contributed by atoms with Crippen LogP contribution in [0.4, 0.5) is 0 Å². The Balaban J connectivity index is 1.26. The summed E-state index contributed by atoms with van der Waals surface area (Å²) in [4.78, 5) is 0. The molecule has 3 fully saturated rings. The minimum absolute atomic E-state index is 0.457. The lowest BCUT2D eigenvalue weighted by Crippen LogP contribution is -2.51. The van der Waals surface area contributed by atoms with Crippen LogP contribution in [0, 0.1) is 46.3 Å². The molecule has 2 nitrogen and oxygen atoms in total. The van der Waals surface area contributed by atoms with E-state index in [0.29, 0.717) is 16.9 Å². The minimum atomic E-state index is 0.457. The summed E-state index contributed by atoms with van der Waals surface area (Å²) < 4.78 is 6.48. The fourth-order valence-electron chi connectivity index (χ4n) is 10.2. The summed E-state index contributed by atoms with van der Waals surface area (Å²) in [5.74, 6) is 5.59. The summed E-state index contributed by atoms with van der Waals surface area (Å²) in [7, 11) is 2.05. The maximum absolute atomic E-state index is 6.48. The van der Waals surface area contributed by atoms with E-state index in [2.05, 4.69) is 53.1 Å². The lowest BCUT2D eigenvalue weighted by Gasteiger charge is -2.58. The third kappa shape index (κ3) is 6.92. The highest BCUT2D eigenvalue weighted by molar-refractivity contribution is 5.25. The smallest absolute Gasteiger partial charge is 0.0612 e. The van der Waals surface area contributed by atoms with Crippen molar-refractivity contribution in [2.75, 3.05) is 20.2 Å². The molecule has 0 bridgehead atoms. The molecule has 0 aromatic carbocycles. The number of allylic oxidation sites excluding steroid dienone is 1. The Labute approximate surface area is 237 Å². The van der Waals surface area contributed by atoms with E-state index < -0.39 is 0 Å². The van der Waals surface area contributed by atoms with Gasteiger partial charge < -0.3 is 10.1 Å². The zero-order valence-electron chi connectivity index (χ0n) is 26.5. The van der Waals surface area contributed by atoms with Crippen LogP contribution in [0.1, 0.15) is 144 Å². The number of rotatable bonds is 15. The van der Waals surface area contributed by atoms with Crippen molar-refractivity contribution >= 4 is 0 Å². The molecule has 4 aliphatic carbocycles. The molecule has 0 saturated heterocycles. The highest BCUT2D eigenvalue weighted by Crippen LogP contribution is 2.67. The molecule has 2 heteroatoms. The molecule has 0 amide bonds. The van der Waals surface area contributed by atoms with E-state index in [-0.39, 0.29) is 0 Å². The van der Waals surface area contributed by atoms with E-state index in [9.17, 15) is 0 Å². The van der Waals surface area contributed by atoms with Crippen LogP contribution in [0.25, 0.3) is 0 Å². The lowest BCUT2D eigenvalue weighted by atomic mass is 9.47. The van der Waals surface area contributed by atoms with Gasteiger partial charge in [-0.1, -0.05) is 91.2 Å². The zero-order chi connectivity index (χ0) is 27.2. The standard InChI is InChI=1S/C36H65NO/c1-27(2)14-13-15-28(3)32-18-19-33-31-17-16-29-26-30(38-25-12-10-8-7-9-11-24-37-6)20-22-35(29,4)34(31)21-23-36(32,33)5/h16,27-28,30-34,37H,7-15,17-26H2,1-6H3. The summed E-state index contributed by atoms with van der Waals surface area (Å²) >= 11 is 0. The first kappa shape index (κ1) is 30.6. The molecule has 0 heterocycles. The minimum Gasteiger partial charge on any atom is -0.378 e. The van der Waals surface area contributed by atoms with Crippen LogP contribution >= 0.6 is 0 Å². The van der Waals surface area contributed by atoms with E-state index in [1.165, 1.54) is 116 Å². The van der Waals surface area contributed by atoms with Crippen molar-refractivity contribution in [3.63, 3.8) is 0 Å². The third-order valence-corrected chi connectivity index (χ3v) is 12.4. The molecule has 0 aromatic heterocycles. The molecule has 0 spiro atoms. The molecule has 3 saturated carbocycles. The molecule has 38 heavy (non-hydrogen) atoms. The number of ether oxygens (including phenoxy) is 1. The van der Waals surface area contributed by atoms with Gasteiger partial charge in [-0.15, -0.1) is 0 Å². The Kier molecular flexibility index (Phi) is 11.3. The average molecular weight is 528 g/mol. The highest BCUT2D eigenvalue weighted by Gasteiger charge is 2.59. The molecule has 220 valence electrons. The Bertz CT molecular complexity index is 744. The van der Waals surface area contributed by atoms with Crippen molar-refractivity contribution in [3.8, 4) is 0 Å². The van der Waals surface area contributed by atoms with Gasteiger partial charge in [-0.25, -0.2) is 0 Å². The second-order valence-corrected chi connectivity index (χ2v) is 15.3.